The van der Waals surface area contributed by atoms with Crippen LogP contribution in [0.5, 0.6) is 0 Å². The summed E-state index contributed by atoms with van der Waals surface area (Å²) in [5.41, 5.74) is 8.02. The number of rotatable bonds is 2. The Morgan fingerprint density at radius 1 is 0.789 bits per heavy atom. The first kappa shape index (κ1) is 12.4. The van der Waals surface area contributed by atoms with Crippen LogP contribution in [0.3, 0.4) is 0 Å². The van der Waals surface area contributed by atoms with E-state index < -0.39 is 14.7 Å². The second-order valence-electron chi connectivity index (χ2n) is 4.83. The van der Waals surface area contributed by atoms with Gasteiger partial charge in [0.25, 0.3) is 0 Å². The van der Waals surface area contributed by atoms with Crippen molar-refractivity contribution in [1.82, 2.24) is 4.98 Å². The van der Waals surface area contributed by atoms with Gasteiger partial charge >= 0.3 is 118 Å². The summed E-state index contributed by atoms with van der Waals surface area (Å²) in [5.74, 6) is 0. The van der Waals surface area contributed by atoms with E-state index in [4.69, 9.17) is 4.98 Å². The van der Waals surface area contributed by atoms with Gasteiger partial charge in [-0.2, -0.15) is 0 Å². The van der Waals surface area contributed by atoms with Crippen molar-refractivity contribution in [2.45, 2.75) is 11.4 Å². The molecule has 0 amide bonds. The van der Waals surface area contributed by atoms with Crippen molar-refractivity contribution >= 4 is 29.9 Å². The van der Waals surface area contributed by atoms with E-state index in [1.165, 1.54) is 15.3 Å². The average molecular weight is 309 g/mol. The second-order valence-corrected chi connectivity index (χ2v) is 9.67. The van der Waals surface area contributed by atoms with Gasteiger partial charge in [0.1, 0.15) is 0 Å². The van der Waals surface area contributed by atoms with Crippen LogP contribution in [0.4, 0.5) is 0 Å². The molecule has 0 aliphatic heterocycles. The van der Waals surface area contributed by atoms with E-state index in [-0.39, 0.29) is 0 Å². The molecule has 0 N–H and O–H groups in total. The molecule has 0 spiro atoms. The zero-order chi connectivity index (χ0) is 13.2. The van der Waals surface area contributed by atoms with Gasteiger partial charge in [0.05, 0.1) is 0 Å². The SMILES string of the molecule is C[As](C)c1ccc(-c2ccc3ccccc3n2)cc1. The predicted molar refractivity (Wildman–Crippen MR) is 84.3 cm³/mol. The van der Waals surface area contributed by atoms with Crippen LogP contribution in [0.2, 0.25) is 11.4 Å². The van der Waals surface area contributed by atoms with Gasteiger partial charge in [-0.25, -0.2) is 0 Å². The zero-order valence-electron chi connectivity index (χ0n) is 11.2. The van der Waals surface area contributed by atoms with E-state index in [1.807, 2.05) is 12.1 Å². The summed E-state index contributed by atoms with van der Waals surface area (Å²) < 4.78 is 1.51. The molecule has 19 heavy (non-hydrogen) atoms. The Morgan fingerprint density at radius 2 is 1.53 bits per heavy atom. The quantitative estimate of drug-likeness (QED) is 0.655. The first-order valence-electron chi connectivity index (χ1n) is 6.37. The van der Waals surface area contributed by atoms with Gasteiger partial charge in [0, 0.05) is 0 Å². The maximum absolute atomic E-state index is 4.73. The van der Waals surface area contributed by atoms with Crippen molar-refractivity contribution in [1.29, 1.82) is 0 Å². The summed E-state index contributed by atoms with van der Waals surface area (Å²) >= 11 is -0.768. The topological polar surface area (TPSA) is 12.9 Å². The van der Waals surface area contributed by atoms with Crippen molar-refractivity contribution in [2.75, 3.05) is 0 Å². The molecule has 0 aliphatic carbocycles. The van der Waals surface area contributed by atoms with Crippen LogP contribution in [0, 0.1) is 0 Å². The van der Waals surface area contributed by atoms with Gasteiger partial charge in [-0.15, -0.1) is 0 Å². The van der Waals surface area contributed by atoms with Crippen molar-refractivity contribution in [2.24, 2.45) is 0 Å². The predicted octanol–water partition coefficient (Wildman–Crippen LogP) is 3.86. The molecule has 2 heteroatoms. The fourth-order valence-corrected chi connectivity index (χ4v) is 3.72. The van der Waals surface area contributed by atoms with Crippen LogP contribution in [-0.2, 0) is 0 Å². The third-order valence-corrected chi connectivity index (χ3v) is 6.07. The normalized spacial score (nSPS) is 11.1. The van der Waals surface area contributed by atoms with Crippen molar-refractivity contribution in [3.8, 4) is 11.3 Å². The molecule has 0 aliphatic rings. The molecule has 3 rings (SSSR count). The molecule has 0 bridgehead atoms. The molecular weight excluding hydrogens is 293 g/mol. The van der Waals surface area contributed by atoms with Crippen LogP contribution in [0.25, 0.3) is 22.2 Å². The van der Waals surface area contributed by atoms with Crippen LogP contribution < -0.4 is 4.35 Å². The minimum atomic E-state index is -0.768. The van der Waals surface area contributed by atoms with Crippen molar-refractivity contribution in [3.05, 3.63) is 60.7 Å². The summed E-state index contributed by atoms with van der Waals surface area (Å²) in [5, 5.41) is 1.19. The minimum absolute atomic E-state index is 0.768. The van der Waals surface area contributed by atoms with Crippen LogP contribution in [0.15, 0.2) is 60.7 Å². The molecule has 1 nitrogen and oxygen atoms in total. The van der Waals surface area contributed by atoms with Crippen LogP contribution in [-0.4, -0.2) is 19.6 Å². The van der Waals surface area contributed by atoms with Gasteiger partial charge in [-0.05, 0) is 0 Å². The maximum atomic E-state index is 4.73. The van der Waals surface area contributed by atoms with Crippen molar-refractivity contribution < 1.29 is 0 Å². The summed E-state index contributed by atoms with van der Waals surface area (Å²) in [4.78, 5) is 4.73. The Balaban J connectivity index is 2.03. The third-order valence-electron chi connectivity index (χ3n) is 3.28. The van der Waals surface area contributed by atoms with Crippen LogP contribution >= 0.6 is 0 Å². The molecule has 0 atom stereocenters. The molecular formula is C17H16AsN. The molecule has 0 radical (unpaired) electrons. The summed E-state index contributed by atoms with van der Waals surface area (Å²) in [6.07, 6.45) is 0. The molecule has 0 unspecified atom stereocenters. The molecule has 94 valence electrons. The van der Waals surface area contributed by atoms with Gasteiger partial charge < -0.3 is 0 Å². The Kier molecular flexibility index (Phi) is 3.40. The van der Waals surface area contributed by atoms with Gasteiger partial charge in [0.15, 0.2) is 0 Å². The number of benzene rings is 2. The Hall–Kier alpha value is -1.59. The number of fused-ring (bicyclic) bond motifs is 1. The molecule has 1 aromatic heterocycles. The number of aromatic nitrogens is 1. The summed E-state index contributed by atoms with van der Waals surface area (Å²) in [7, 11) is 0. The van der Waals surface area contributed by atoms with Gasteiger partial charge in [-0.1, -0.05) is 0 Å². The Bertz CT molecular complexity index is 702. The van der Waals surface area contributed by atoms with E-state index in [2.05, 4.69) is 60.0 Å². The number of pyridine rings is 1. The van der Waals surface area contributed by atoms with Gasteiger partial charge in [0.2, 0.25) is 0 Å². The van der Waals surface area contributed by atoms with Gasteiger partial charge in [-0.3, -0.25) is 0 Å². The Morgan fingerprint density at radius 3 is 2.26 bits per heavy atom. The standard InChI is InChI=1S/C17H16AsN/c1-18(2)15-10-7-14(8-11-15)17-12-9-13-5-3-4-6-16(13)19-17/h3-12H,1-2H3. The first-order valence-corrected chi connectivity index (χ1v) is 11.1. The number of para-hydroxylation sites is 1. The van der Waals surface area contributed by atoms with E-state index in [0.717, 1.165) is 11.2 Å². The molecule has 0 fully saturated rings. The Labute approximate surface area is 118 Å². The van der Waals surface area contributed by atoms with Crippen LogP contribution in [0.1, 0.15) is 0 Å². The molecule has 1 heterocycles. The number of nitrogens with zero attached hydrogens (tertiary/aromatic N) is 1. The molecule has 3 aromatic rings. The fraction of sp³-hybridized carbons (Fsp3) is 0.118. The monoisotopic (exact) mass is 309 g/mol. The molecule has 0 saturated heterocycles. The second kappa shape index (κ2) is 5.19. The third kappa shape index (κ3) is 2.57. The first-order chi connectivity index (χ1) is 9.24. The van der Waals surface area contributed by atoms with Crippen molar-refractivity contribution in [3.63, 3.8) is 0 Å². The van der Waals surface area contributed by atoms with E-state index in [0.29, 0.717) is 0 Å². The average Bonchev–Trinajstić information content (AvgIpc) is 2.47. The van der Waals surface area contributed by atoms with E-state index in [1.54, 1.807) is 0 Å². The summed E-state index contributed by atoms with van der Waals surface area (Å²) in [6.45, 7) is 0. The molecule has 0 saturated carbocycles. The van der Waals surface area contributed by atoms with E-state index >= 15 is 0 Å². The zero-order valence-corrected chi connectivity index (χ0v) is 13.0. The number of hydrogen-bond acceptors (Lipinski definition) is 1. The molecule has 2 aromatic carbocycles. The summed E-state index contributed by atoms with van der Waals surface area (Å²) in [6, 6.07) is 21.4. The number of hydrogen-bond donors (Lipinski definition) is 0. The van der Waals surface area contributed by atoms with E-state index in [9.17, 15) is 0 Å². The fourth-order valence-electron chi connectivity index (χ4n) is 2.16.